The number of aromatic nitrogens is 2. The molecule has 0 aliphatic carbocycles. The van der Waals surface area contributed by atoms with E-state index in [-0.39, 0.29) is 6.03 Å². The minimum atomic E-state index is 0.0940. The Morgan fingerprint density at radius 2 is 2.06 bits per heavy atom. The number of amides is 2. The number of piperazine rings is 1. The summed E-state index contributed by atoms with van der Waals surface area (Å²) >= 11 is 3.38. The number of nitrogens with zero attached hydrogens (tertiary/aromatic N) is 5. The van der Waals surface area contributed by atoms with Crippen molar-refractivity contribution < 1.29 is 4.79 Å². The summed E-state index contributed by atoms with van der Waals surface area (Å²) in [5, 5.41) is 4.23. The molecule has 1 aromatic heterocycles. The molecule has 2 rings (SSSR count). The van der Waals surface area contributed by atoms with E-state index in [2.05, 4.69) is 25.9 Å². The van der Waals surface area contributed by atoms with E-state index in [4.69, 9.17) is 0 Å². The van der Waals surface area contributed by atoms with Crippen LogP contribution in [0.4, 0.5) is 4.79 Å². The summed E-state index contributed by atoms with van der Waals surface area (Å²) in [5.41, 5.74) is 0. The summed E-state index contributed by atoms with van der Waals surface area (Å²) in [6.07, 6.45) is 3.74. The normalized spacial score (nSPS) is 16.9. The zero-order valence-electron chi connectivity index (χ0n) is 10.7. The molecule has 2 amide bonds. The van der Waals surface area contributed by atoms with Gasteiger partial charge in [-0.05, 0) is 15.9 Å². The third kappa shape index (κ3) is 3.23. The predicted octanol–water partition coefficient (Wildman–Crippen LogP) is 0.902. The van der Waals surface area contributed by atoms with Gasteiger partial charge in [0, 0.05) is 46.5 Å². The van der Waals surface area contributed by atoms with Crippen LogP contribution in [0.25, 0.3) is 0 Å². The molecule has 1 saturated heterocycles. The van der Waals surface area contributed by atoms with E-state index in [1.807, 2.05) is 15.8 Å². The van der Waals surface area contributed by atoms with Crippen molar-refractivity contribution in [2.75, 3.05) is 40.3 Å². The molecule has 0 radical (unpaired) electrons. The molecule has 0 spiro atoms. The van der Waals surface area contributed by atoms with Crippen molar-refractivity contribution >= 4 is 22.0 Å². The molecule has 18 heavy (non-hydrogen) atoms. The van der Waals surface area contributed by atoms with E-state index in [0.717, 1.165) is 37.3 Å². The molecule has 1 aliphatic rings. The largest absolute Gasteiger partial charge is 0.331 e. The van der Waals surface area contributed by atoms with E-state index < -0.39 is 0 Å². The van der Waals surface area contributed by atoms with Crippen molar-refractivity contribution in [3.63, 3.8) is 0 Å². The van der Waals surface area contributed by atoms with E-state index in [1.54, 1.807) is 25.2 Å². The van der Waals surface area contributed by atoms with Crippen LogP contribution in [-0.2, 0) is 6.67 Å². The van der Waals surface area contributed by atoms with E-state index in [0.29, 0.717) is 0 Å². The molecule has 0 bridgehead atoms. The second-order valence-electron chi connectivity index (χ2n) is 4.62. The molecule has 0 aromatic carbocycles. The molecular weight excluding hydrogens is 298 g/mol. The fourth-order valence-corrected chi connectivity index (χ4v) is 2.31. The first kappa shape index (κ1) is 13.4. The van der Waals surface area contributed by atoms with Gasteiger partial charge in [0.15, 0.2) is 0 Å². The number of rotatable bonds is 2. The lowest BCUT2D eigenvalue weighted by atomic mass is 10.3. The number of halogens is 1. The summed E-state index contributed by atoms with van der Waals surface area (Å²) in [6.45, 7) is 4.10. The van der Waals surface area contributed by atoms with Crippen LogP contribution in [-0.4, -0.2) is 70.8 Å². The molecule has 0 unspecified atom stereocenters. The maximum atomic E-state index is 11.8. The van der Waals surface area contributed by atoms with Gasteiger partial charge in [-0.2, -0.15) is 5.10 Å². The van der Waals surface area contributed by atoms with Gasteiger partial charge >= 0.3 is 6.03 Å². The maximum Gasteiger partial charge on any atom is 0.319 e. The van der Waals surface area contributed by atoms with E-state index >= 15 is 0 Å². The smallest absolute Gasteiger partial charge is 0.319 e. The third-order valence-corrected chi connectivity index (χ3v) is 3.38. The average molecular weight is 316 g/mol. The number of hydrogen-bond acceptors (Lipinski definition) is 3. The average Bonchev–Trinajstić information content (AvgIpc) is 2.75. The lowest BCUT2D eigenvalue weighted by Crippen LogP contribution is -2.51. The molecule has 1 aliphatic heterocycles. The zero-order chi connectivity index (χ0) is 13.1. The fraction of sp³-hybridized carbons (Fsp3) is 0.636. The maximum absolute atomic E-state index is 11.8. The van der Waals surface area contributed by atoms with Crippen molar-refractivity contribution in [1.29, 1.82) is 0 Å². The highest BCUT2D eigenvalue weighted by Gasteiger charge is 2.22. The number of hydrogen-bond donors (Lipinski definition) is 0. The number of carbonyl (C=O) groups excluding carboxylic acids is 1. The van der Waals surface area contributed by atoms with Crippen molar-refractivity contribution in [2.45, 2.75) is 6.67 Å². The van der Waals surface area contributed by atoms with Gasteiger partial charge in [-0.25, -0.2) is 4.79 Å². The number of urea groups is 1. The van der Waals surface area contributed by atoms with Crippen LogP contribution in [0.1, 0.15) is 0 Å². The van der Waals surface area contributed by atoms with Gasteiger partial charge in [0.05, 0.1) is 17.3 Å². The Morgan fingerprint density at radius 1 is 1.39 bits per heavy atom. The quantitative estimate of drug-likeness (QED) is 0.814. The van der Waals surface area contributed by atoms with Crippen LogP contribution in [0, 0.1) is 0 Å². The molecule has 0 atom stereocenters. The van der Waals surface area contributed by atoms with Gasteiger partial charge in [-0.3, -0.25) is 9.58 Å². The van der Waals surface area contributed by atoms with Crippen LogP contribution < -0.4 is 0 Å². The van der Waals surface area contributed by atoms with Gasteiger partial charge in [-0.15, -0.1) is 0 Å². The second kappa shape index (κ2) is 5.71. The van der Waals surface area contributed by atoms with Crippen molar-refractivity contribution in [2.24, 2.45) is 0 Å². The lowest BCUT2D eigenvalue weighted by Gasteiger charge is -2.35. The Hall–Kier alpha value is -1.08. The molecule has 0 N–H and O–H groups in total. The predicted molar refractivity (Wildman–Crippen MR) is 72.2 cm³/mol. The topological polar surface area (TPSA) is 44.6 Å². The highest BCUT2D eigenvalue weighted by Crippen LogP contribution is 2.09. The van der Waals surface area contributed by atoms with E-state index in [9.17, 15) is 4.79 Å². The highest BCUT2D eigenvalue weighted by molar-refractivity contribution is 9.10. The second-order valence-corrected chi connectivity index (χ2v) is 5.54. The monoisotopic (exact) mass is 315 g/mol. The van der Waals surface area contributed by atoms with Crippen LogP contribution in [0.3, 0.4) is 0 Å². The summed E-state index contributed by atoms with van der Waals surface area (Å²) in [7, 11) is 3.58. The highest BCUT2D eigenvalue weighted by atomic mass is 79.9. The van der Waals surface area contributed by atoms with Crippen molar-refractivity contribution in [1.82, 2.24) is 24.5 Å². The zero-order valence-corrected chi connectivity index (χ0v) is 12.3. The third-order valence-electron chi connectivity index (χ3n) is 2.97. The summed E-state index contributed by atoms with van der Waals surface area (Å²) in [4.78, 5) is 17.6. The van der Waals surface area contributed by atoms with Crippen LogP contribution in [0.5, 0.6) is 0 Å². The fourth-order valence-electron chi connectivity index (χ4n) is 1.98. The van der Waals surface area contributed by atoms with Gasteiger partial charge < -0.3 is 9.80 Å². The molecule has 2 heterocycles. The Bertz CT molecular complexity index is 411. The first-order chi connectivity index (χ1) is 8.56. The number of carbonyl (C=O) groups is 1. The van der Waals surface area contributed by atoms with Crippen LogP contribution in [0.2, 0.25) is 0 Å². The van der Waals surface area contributed by atoms with Crippen LogP contribution >= 0.6 is 15.9 Å². The van der Waals surface area contributed by atoms with Crippen molar-refractivity contribution in [3.05, 3.63) is 16.9 Å². The standard InChI is InChI=1S/C11H18BrN5O/c1-14(2)11(18)16-5-3-15(4-6-16)9-17-8-10(12)7-13-17/h7-8H,3-6,9H2,1-2H3. The Balaban J connectivity index is 1.82. The Kier molecular flexibility index (Phi) is 4.23. The molecule has 6 nitrogen and oxygen atoms in total. The lowest BCUT2D eigenvalue weighted by molar-refractivity contribution is 0.103. The van der Waals surface area contributed by atoms with Gasteiger partial charge in [0.1, 0.15) is 0 Å². The van der Waals surface area contributed by atoms with Crippen molar-refractivity contribution in [3.8, 4) is 0 Å². The molecule has 7 heteroatoms. The molecular formula is C11H18BrN5O. The minimum absolute atomic E-state index is 0.0940. The first-order valence-electron chi connectivity index (χ1n) is 5.93. The summed E-state index contributed by atoms with van der Waals surface area (Å²) < 4.78 is 2.89. The van der Waals surface area contributed by atoms with Gasteiger partial charge in [0.2, 0.25) is 0 Å². The molecule has 0 saturated carbocycles. The summed E-state index contributed by atoms with van der Waals surface area (Å²) in [6, 6.07) is 0.0940. The van der Waals surface area contributed by atoms with E-state index in [1.165, 1.54) is 0 Å². The minimum Gasteiger partial charge on any atom is -0.331 e. The Labute approximate surface area is 115 Å². The first-order valence-corrected chi connectivity index (χ1v) is 6.72. The summed E-state index contributed by atoms with van der Waals surface area (Å²) in [5.74, 6) is 0. The van der Waals surface area contributed by atoms with Crippen LogP contribution in [0.15, 0.2) is 16.9 Å². The molecule has 1 fully saturated rings. The SMILES string of the molecule is CN(C)C(=O)N1CCN(Cn2cc(Br)cn2)CC1. The molecule has 100 valence electrons. The van der Waals surface area contributed by atoms with Gasteiger partial charge in [0.25, 0.3) is 0 Å². The molecule has 1 aromatic rings. The Morgan fingerprint density at radius 3 is 2.56 bits per heavy atom. The van der Waals surface area contributed by atoms with Gasteiger partial charge in [-0.1, -0.05) is 0 Å².